The summed E-state index contributed by atoms with van der Waals surface area (Å²) in [4.78, 5) is 9.51. The highest BCUT2D eigenvalue weighted by atomic mass is 28.4. The van der Waals surface area contributed by atoms with Crippen LogP contribution < -0.4 is 0 Å². The summed E-state index contributed by atoms with van der Waals surface area (Å²) >= 11 is 0. The van der Waals surface area contributed by atoms with Gasteiger partial charge in [-0.1, -0.05) is 12.2 Å². The summed E-state index contributed by atoms with van der Waals surface area (Å²) in [5.74, 6) is 0. The summed E-state index contributed by atoms with van der Waals surface area (Å²) in [7, 11) is -1.94. The maximum absolute atomic E-state index is 9.51. The molecule has 0 saturated carbocycles. The molecule has 0 saturated heterocycles. The third-order valence-corrected chi connectivity index (χ3v) is 3.50. The Kier molecular flexibility index (Phi) is 3.50. The SMILES string of the molecule is C=CC[Si](C)(O)CC=C. The van der Waals surface area contributed by atoms with Crippen LogP contribution in [0.5, 0.6) is 0 Å². The van der Waals surface area contributed by atoms with Crippen LogP contribution >= 0.6 is 0 Å². The molecule has 0 radical (unpaired) electrons. The van der Waals surface area contributed by atoms with Crippen molar-refractivity contribution in [1.29, 1.82) is 0 Å². The maximum Gasteiger partial charge on any atom is 0.192 e. The summed E-state index contributed by atoms with van der Waals surface area (Å²) in [6.07, 6.45) is 3.55. The van der Waals surface area contributed by atoms with E-state index in [2.05, 4.69) is 13.2 Å². The molecule has 0 aromatic rings. The fourth-order valence-electron chi connectivity index (χ4n) is 0.705. The van der Waals surface area contributed by atoms with Gasteiger partial charge in [0.05, 0.1) is 0 Å². The predicted octanol–water partition coefficient (Wildman–Crippen LogP) is 1.93. The maximum atomic E-state index is 9.51. The molecule has 0 fully saturated rings. The molecule has 0 spiro atoms. The third-order valence-electron chi connectivity index (χ3n) is 1.17. The highest BCUT2D eigenvalue weighted by molar-refractivity contribution is 6.72. The smallest absolute Gasteiger partial charge is 0.192 e. The average Bonchev–Trinajstić information content (AvgIpc) is 1.64. The second-order valence-electron chi connectivity index (χ2n) is 2.48. The molecule has 0 heterocycles. The summed E-state index contributed by atoms with van der Waals surface area (Å²) in [6, 6.07) is 1.53. The molecule has 0 aromatic carbocycles. The lowest BCUT2D eigenvalue weighted by molar-refractivity contribution is 0.548. The van der Waals surface area contributed by atoms with E-state index in [4.69, 9.17) is 0 Å². The van der Waals surface area contributed by atoms with Crippen LogP contribution in [0, 0.1) is 0 Å². The zero-order chi connectivity index (χ0) is 7.33. The zero-order valence-corrected chi connectivity index (χ0v) is 6.93. The molecule has 0 atom stereocenters. The van der Waals surface area contributed by atoms with E-state index >= 15 is 0 Å². The first-order chi connectivity index (χ1) is 4.12. The van der Waals surface area contributed by atoms with Crippen molar-refractivity contribution in [3.63, 3.8) is 0 Å². The minimum atomic E-state index is -1.94. The van der Waals surface area contributed by atoms with Gasteiger partial charge < -0.3 is 4.80 Å². The van der Waals surface area contributed by atoms with Crippen LogP contribution in [0.4, 0.5) is 0 Å². The fourth-order valence-corrected chi connectivity index (χ4v) is 2.12. The van der Waals surface area contributed by atoms with Gasteiger partial charge >= 0.3 is 0 Å². The topological polar surface area (TPSA) is 20.2 Å². The van der Waals surface area contributed by atoms with E-state index in [0.29, 0.717) is 0 Å². The van der Waals surface area contributed by atoms with Crippen molar-refractivity contribution in [2.24, 2.45) is 0 Å². The first-order valence-corrected chi connectivity index (χ1v) is 5.93. The van der Waals surface area contributed by atoms with E-state index in [1.54, 1.807) is 12.2 Å². The minimum absolute atomic E-state index is 0.763. The third kappa shape index (κ3) is 4.18. The van der Waals surface area contributed by atoms with Gasteiger partial charge in [0.15, 0.2) is 8.32 Å². The van der Waals surface area contributed by atoms with Crippen LogP contribution in [-0.2, 0) is 0 Å². The minimum Gasteiger partial charge on any atom is -0.431 e. The molecular formula is C7H14OSi. The van der Waals surface area contributed by atoms with Gasteiger partial charge in [-0.3, -0.25) is 0 Å². The van der Waals surface area contributed by atoms with Crippen molar-refractivity contribution in [2.75, 3.05) is 0 Å². The normalized spacial score (nSPS) is 10.9. The van der Waals surface area contributed by atoms with Crippen LogP contribution in [-0.4, -0.2) is 13.1 Å². The van der Waals surface area contributed by atoms with Crippen molar-refractivity contribution in [2.45, 2.75) is 18.6 Å². The monoisotopic (exact) mass is 142 g/mol. The Labute approximate surface area is 57.8 Å². The summed E-state index contributed by atoms with van der Waals surface area (Å²) in [6.45, 7) is 9.05. The Balaban J connectivity index is 3.68. The van der Waals surface area contributed by atoms with E-state index in [-0.39, 0.29) is 0 Å². The Morgan fingerprint density at radius 2 is 1.67 bits per heavy atom. The van der Waals surface area contributed by atoms with Crippen molar-refractivity contribution < 1.29 is 4.80 Å². The Hall–Kier alpha value is -0.343. The molecular weight excluding hydrogens is 128 g/mol. The highest BCUT2D eigenvalue weighted by Crippen LogP contribution is 2.11. The van der Waals surface area contributed by atoms with Crippen LogP contribution in [0.1, 0.15) is 0 Å². The van der Waals surface area contributed by atoms with E-state index < -0.39 is 8.32 Å². The molecule has 0 aliphatic rings. The first kappa shape index (κ1) is 8.66. The number of hydrogen-bond donors (Lipinski definition) is 1. The molecule has 0 aliphatic carbocycles. The molecule has 0 rings (SSSR count). The van der Waals surface area contributed by atoms with E-state index in [9.17, 15) is 4.80 Å². The van der Waals surface area contributed by atoms with E-state index in [0.717, 1.165) is 12.1 Å². The van der Waals surface area contributed by atoms with Gasteiger partial charge in [-0.05, 0) is 18.6 Å². The molecule has 0 amide bonds. The molecule has 9 heavy (non-hydrogen) atoms. The second kappa shape index (κ2) is 3.64. The van der Waals surface area contributed by atoms with Crippen molar-refractivity contribution >= 4 is 8.32 Å². The van der Waals surface area contributed by atoms with Gasteiger partial charge in [-0.25, -0.2) is 0 Å². The van der Waals surface area contributed by atoms with Crippen LogP contribution in [0.15, 0.2) is 25.3 Å². The highest BCUT2D eigenvalue weighted by Gasteiger charge is 2.19. The van der Waals surface area contributed by atoms with Crippen LogP contribution in [0.2, 0.25) is 18.6 Å². The average molecular weight is 142 g/mol. The lowest BCUT2D eigenvalue weighted by Crippen LogP contribution is -2.27. The summed E-state index contributed by atoms with van der Waals surface area (Å²) < 4.78 is 0. The van der Waals surface area contributed by atoms with Gasteiger partial charge in [0, 0.05) is 0 Å². The molecule has 0 unspecified atom stereocenters. The van der Waals surface area contributed by atoms with Gasteiger partial charge in [0.2, 0.25) is 0 Å². The van der Waals surface area contributed by atoms with Gasteiger partial charge in [-0.2, -0.15) is 0 Å². The molecule has 1 nitrogen and oxygen atoms in total. The quantitative estimate of drug-likeness (QED) is 0.470. The summed E-state index contributed by atoms with van der Waals surface area (Å²) in [5, 5.41) is 0. The zero-order valence-electron chi connectivity index (χ0n) is 5.93. The van der Waals surface area contributed by atoms with Crippen molar-refractivity contribution in [3.05, 3.63) is 25.3 Å². The van der Waals surface area contributed by atoms with Crippen LogP contribution in [0.3, 0.4) is 0 Å². The molecule has 0 aliphatic heterocycles. The molecule has 0 aromatic heterocycles. The first-order valence-electron chi connectivity index (χ1n) is 3.06. The molecule has 52 valence electrons. The summed E-state index contributed by atoms with van der Waals surface area (Å²) in [5.41, 5.74) is 0. The largest absolute Gasteiger partial charge is 0.431 e. The Bertz CT molecular complexity index is 95.5. The molecule has 0 bridgehead atoms. The lowest BCUT2D eigenvalue weighted by Gasteiger charge is -2.14. The molecule has 1 N–H and O–H groups in total. The van der Waals surface area contributed by atoms with Crippen LogP contribution in [0.25, 0.3) is 0 Å². The second-order valence-corrected chi connectivity index (χ2v) is 6.29. The van der Waals surface area contributed by atoms with Gasteiger partial charge in [0.25, 0.3) is 0 Å². The lowest BCUT2D eigenvalue weighted by atomic mass is 10.7. The Morgan fingerprint density at radius 1 is 1.33 bits per heavy atom. The molecule has 2 heteroatoms. The number of rotatable bonds is 4. The number of allylic oxidation sites excluding steroid dienone is 2. The van der Waals surface area contributed by atoms with E-state index in [1.165, 1.54) is 0 Å². The number of hydrogen-bond acceptors (Lipinski definition) is 1. The predicted molar refractivity (Wildman–Crippen MR) is 43.8 cm³/mol. The van der Waals surface area contributed by atoms with Crippen molar-refractivity contribution in [3.8, 4) is 0 Å². The Morgan fingerprint density at radius 3 is 1.89 bits per heavy atom. The van der Waals surface area contributed by atoms with Gasteiger partial charge in [-0.15, -0.1) is 13.2 Å². The van der Waals surface area contributed by atoms with Gasteiger partial charge in [0.1, 0.15) is 0 Å². The van der Waals surface area contributed by atoms with Crippen molar-refractivity contribution in [1.82, 2.24) is 0 Å². The standard InChI is InChI=1S/C7H14OSi/c1-4-6-9(3,8)7-5-2/h4-5,8H,1-2,6-7H2,3H3. The fraction of sp³-hybridized carbons (Fsp3) is 0.429. The van der Waals surface area contributed by atoms with E-state index in [1.807, 2.05) is 6.55 Å².